The highest BCUT2D eigenvalue weighted by molar-refractivity contribution is 5.01. The number of hydrogen-bond donors (Lipinski definition) is 1. The van der Waals surface area contributed by atoms with Crippen LogP contribution in [0.5, 0.6) is 0 Å². The zero-order valence-electron chi connectivity index (χ0n) is 10.8. The summed E-state index contributed by atoms with van der Waals surface area (Å²) in [5.41, 5.74) is 6.56. The Hall–Kier alpha value is -0.300. The molecule has 2 aliphatic carbocycles. The molecular formula is C15H27N. The Morgan fingerprint density at radius 1 is 1.25 bits per heavy atom. The third-order valence-corrected chi connectivity index (χ3v) is 4.73. The van der Waals surface area contributed by atoms with Gasteiger partial charge in [-0.25, -0.2) is 0 Å². The highest BCUT2D eigenvalue weighted by Crippen LogP contribution is 2.51. The summed E-state index contributed by atoms with van der Waals surface area (Å²) in [5, 5.41) is 0. The van der Waals surface area contributed by atoms with Crippen molar-refractivity contribution in [2.24, 2.45) is 17.1 Å². The maximum absolute atomic E-state index is 6.03. The van der Waals surface area contributed by atoms with Gasteiger partial charge in [-0.2, -0.15) is 0 Å². The third-order valence-electron chi connectivity index (χ3n) is 4.73. The van der Waals surface area contributed by atoms with E-state index in [9.17, 15) is 0 Å². The first-order valence-corrected chi connectivity index (χ1v) is 7.15. The van der Waals surface area contributed by atoms with Crippen molar-refractivity contribution in [2.45, 2.75) is 70.8 Å². The first-order valence-electron chi connectivity index (χ1n) is 7.15. The maximum Gasteiger partial charge on any atom is 0.00671 e. The van der Waals surface area contributed by atoms with E-state index in [0.717, 1.165) is 5.92 Å². The van der Waals surface area contributed by atoms with E-state index in [2.05, 4.69) is 19.1 Å². The van der Waals surface area contributed by atoms with Crippen molar-refractivity contribution >= 4 is 0 Å². The highest BCUT2D eigenvalue weighted by atomic mass is 14.7. The molecule has 0 heterocycles. The summed E-state index contributed by atoms with van der Waals surface area (Å²) in [7, 11) is 0. The molecular weight excluding hydrogens is 194 g/mol. The molecule has 2 fully saturated rings. The van der Waals surface area contributed by atoms with E-state index in [-0.39, 0.29) is 0 Å². The fourth-order valence-corrected chi connectivity index (χ4v) is 3.08. The van der Waals surface area contributed by atoms with Gasteiger partial charge in [-0.15, -0.1) is 0 Å². The van der Waals surface area contributed by atoms with Crippen LogP contribution in [0.25, 0.3) is 0 Å². The molecule has 0 aromatic carbocycles. The van der Waals surface area contributed by atoms with Crippen LogP contribution >= 0.6 is 0 Å². The Balaban J connectivity index is 1.65. The van der Waals surface area contributed by atoms with E-state index in [4.69, 9.17) is 5.73 Å². The zero-order chi connectivity index (χ0) is 11.4. The average molecular weight is 221 g/mol. The topological polar surface area (TPSA) is 26.0 Å². The molecule has 1 heteroatoms. The molecule has 0 aromatic heterocycles. The molecule has 16 heavy (non-hydrogen) atoms. The Morgan fingerprint density at radius 2 is 1.94 bits per heavy atom. The number of hydrogen-bond acceptors (Lipinski definition) is 1. The van der Waals surface area contributed by atoms with Gasteiger partial charge in [0, 0.05) is 6.04 Å². The van der Waals surface area contributed by atoms with Crippen LogP contribution in [0, 0.1) is 11.3 Å². The summed E-state index contributed by atoms with van der Waals surface area (Å²) >= 11 is 0. The first kappa shape index (κ1) is 12.2. The minimum atomic E-state index is 0.399. The van der Waals surface area contributed by atoms with Crippen LogP contribution in [0.2, 0.25) is 0 Å². The van der Waals surface area contributed by atoms with Gasteiger partial charge in [0.15, 0.2) is 0 Å². The van der Waals surface area contributed by atoms with Crippen LogP contribution in [0.15, 0.2) is 12.2 Å². The normalized spacial score (nSPS) is 27.1. The van der Waals surface area contributed by atoms with Crippen LogP contribution < -0.4 is 5.73 Å². The molecule has 0 bridgehead atoms. The smallest absolute Gasteiger partial charge is 0.00671 e. The Labute approximate surface area is 100 Å². The SMILES string of the molecule is CC(N)C1(CC/C=C/C2CCCCC2)CC1. The molecule has 0 spiro atoms. The summed E-state index contributed by atoms with van der Waals surface area (Å²) in [6.45, 7) is 2.18. The Bertz CT molecular complexity index is 232. The van der Waals surface area contributed by atoms with Crippen molar-refractivity contribution in [2.75, 3.05) is 0 Å². The van der Waals surface area contributed by atoms with E-state index in [1.54, 1.807) is 0 Å². The molecule has 2 aliphatic rings. The van der Waals surface area contributed by atoms with Gasteiger partial charge in [0.25, 0.3) is 0 Å². The maximum atomic E-state index is 6.03. The van der Waals surface area contributed by atoms with E-state index < -0.39 is 0 Å². The van der Waals surface area contributed by atoms with E-state index in [1.807, 2.05) is 0 Å². The molecule has 2 rings (SSSR count). The predicted octanol–water partition coefficient (Wildman–Crippen LogP) is 4.03. The van der Waals surface area contributed by atoms with Crippen molar-refractivity contribution in [3.63, 3.8) is 0 Å². The van der Waals surface area contributed by atoms with Gasteiger partial charge in [-0.1, -0.05) is 31.4 Å². The van der Waals surface area contributed by atoms with Gasteiger partial charge in [0.2, 0.25) is 0 Å². The molecule has 0 amide bonds. The summed E-state index contributed by atoms with van der Waals surface area (Å²) in [5.74, 6) is 0.888. The van der Waals surface area contributed by atoms with E-state index >= 15 is 0 Å². The van der Waals surface area contributed by atoms with E-state index in [0.29, 0.717) is 11.5 Å². The lowest BCUT2D eigenvalue weighted by molar-refractivity contribution is 0.391. The van der Waals surface area contributed by atoms with Crippen LogP contribution in [-0.4, -0.2) is 6.04 Å². The minimum Gasteiger partial charge on any atom is -0.327 e. The molecule has 0 saturated heterocycles. The Kier molecular flexibility index (Phi) is 4.07. The molecule has 1 atom stereocenters. The first-order chi connectivity index (χ1) is 7.73. The monoisotopic (exact) mass is 221 g/mol. The highest BCUT2D eigenvalue weighted by Gasteiger charge is 2.44. The predicted molar refractivity (Wildman–Crippen MR) is 70.3 cm³/mol. The molecule has 0 aliphatic heterocycles. The number of nitrogens with two attached hydrogens (primary N) is 1. The van der Waals surface area contributed by atoms with Gasteiger partial charge >= 0.3 is 0 Å². The van der Waals surface area contributed by atoms with Crippen LogP contribution in [0.1, 0.15) is 64.7 Å². The molecule has 0 aromatic rings. The number of allylic oxidation sites excluding steroid dienone is 2. The van der Waals surface area contributed by atoms with Gasteiger partial charge in [-0.05, 0) is 56.8 Å². The van der Waals surface area contributed by atoms with Crippen molar-refractivity contribution in [1.29, 1.82) is 0 Å². The number of rotatable bonds is 5. The minimum absolute atomic E-state index is 0.399. The fraction of sp³-hybridized carbons (Fsp3) is 0.867. The average Bonchev–Trinajstić information content (AvgIpc) is 3.07. The lowest BCUT2D eigenvalue weighted by Crippen LogP contribution is -2.27. The lowest BCUT2D eigenvalue weighted by atomic mass is 9.88. The standard InChI is InChI=1S/C15H27N/c1-13(16)15(11-12-15)10-6-5-9-14-7-3-2-4-8-14/h5,9,13-14H,2-4,6-8,10-12,16H2,1H3/b9-5+. The lowest BCUT2D eigenvalue weighted by Gasteiger charge is -2.19. The second-order valence-corrected chi connectivity index (χ2v) is 6.02. The van der Waals surface area contributed by atoms with Crippen molar-refractivity contribution in [1.82, 2.24) is 0 Å². The summed E-state index contributed by atoms with van der Waals surface area (Å²) < 4.78 is 0. The van der Waals surface area contributed by atoms with Crippen LogP contribution in [-0.2, 0) is 0 Å². The van der Waals surface area contributed by atoms with Crippen molar-refractivity contribution in [3.05, 3.63) is 12.2 Å². The molecule has 0 radical (unpaired) electrons. The molecule has 1 unspecified atom stereocenters. The third kappa shape index (κ3) is 3.10. The summed E-state index contributed by atoms with van der Waals surface area (Å²) in [6.07, 6.45) is 17.4. The van der Waals surface area contributed by atoms with Crippen molar-refractivity contribution < 1.29 is 0 Å². The molecule has 1 nitrogen and oxygen atoms in total. The Morgan fingerprint density at radius 3 is 2.50 bits per heavy atom. The summed E-state index contributed by atoms with van der Waals surface area (Å²) in [4.78, 5) is 0. The van der Waals surface area contributed by atoms with Gasteiger partial charge in [-0.3, -0.25) is 0 Å². The largest absolute Gasteiger partial charge is 0.327 e. The second kappa shape index (κ2) is 5.35. The van der Waals surface area contributed by atoms with Crippen LogP contribution in [0.3, 0.4) is 0 Å². The fourth-order valence-electron chi connectivity index (χ4n) is 3.08. The van der Waals surface area contributed by atoms with Crippen molar-refractivity contribution in [3.8, 4) is 0 Å². The molecule has 92 valence electrons. The van der Waals surface area contributed by atoms with E-state index in [1.165, 1.54) is 57.8 Å². The molecule has 2 N–H and O–H groups in total. The van der Waals surface area contributed by atoms with Gasteiger partial charge in [0.1, 0.15) is 0 Å². The van der Waals surface area contributed by atoms with Crippen LogP contribution in [0.4, 0.5) is 0 Å². The van der Waals surface area contributed by atoms with Gasteiger partial charge in [0.05, 0.1) is 0 Å². The second-order valence-electron chi connectivity index (χ2n) is 6.02. The molecule has 2 saturated carbocycles. The quantitative estimate of drug-likeness (QED) is 0.697. The summed E-state index contributed by atoms with van der Waals surface area (Å²) in [6, 6.07) is 0.399. The zero-order valence-corrected chi connectivity index (χ0v) is 10.8. The van der Waals surface area contributed by atoms with Gasteiger partial charge < -0.3 is 5.73 Å².